The number of carbonyl (C=O) groups excluding carboxylic acids is 1. The highest BCUT2D eigenvalue weighted by molar-refractivity contribution is 5.94. The second-order valence-corrected chi connectivity index (χ2v) is 7.53. The molecule has 0 aliphatic heterocycles. The lowest BCUT2D eigenvalue weighted by molar-refractivity contribution is -0.120. The van der Waals surface area contributed by atoms with Gasteiger partial charge in [-0.15, -0.1) is 0 Å². The number of nitrogens with one attached hydrogen (secondary N) is 1. The Hall–Kier alpha value is -3.13. The van der Waals surface area contributed by atoms with Crippen molar-refractivity contribution in [3.63, 3.8) is 0 Å². The van der Waals surface area contributed by atoms with E-state index in [2.05, 4.69) is 10.4 Å². The molecular weight excluding hydrogens is 405 g/mol. The monoisotopic (exact) mass is 430 g/mol. The topological polar surface area (TPSA) is 50.2 Å². The molecule has 0 radical (unpaired) electrons. The molecule has 1 N–H and O–H groups in total. The molecule has 0 saturated carbocycles. The summed E-state index contributed by atoms with van der Waals surface area (Å²) >= 11 is 0. The van der Waals surface area contributed by atoms with Crippen molar-refractivity contribution < 1.29 is 18.0 Å². The van der Waals surface area contributed by atoms with Gasteiger partial charge < -0.3 is 5.32 Å². The van der Waals surface area contributed by atoms with Gasteiger partial charge in [0.25, 0.3) is 0 Å². The van der Waals surface area contributed by atoms with Crippen LogP contribution < -0.4 is 5.32 Å². The Morgan fingerprint density at radius 3 is 2.48 bits per heavy atom. The van der Waals surface area contributed by atoms with Crippen molar-refractivity contribution in [2.45, 2.75) is 25.8 Å². The smallest absolute Gasteiger partial charge is 0.241 e. The Kier molecular flexibility index (Phi) is 7.12. The second kappa shape index (κ2) is 9.78. The van der Waals surface area contributed by atoms with E-state index in [9.17, 15) is 18.0 Å². The van der Waals surface area contributed by atoms with E-state index in [1.54, 1.807) is 23.7 Å². The van der Waals surface area contributed by atoms with Crippen molar-refractivity contribution in [3.05, 3.63) is 71.7 Å². The minimum atomic E-state index is -1.01. The number of hydrogen-bond donors (Lipinski definition) is 1. The zero-order chi connectivity index (χ0) is 22.5. The van der Waals surface area contributed by atoms with Crippen molar-refractivity contribution >= 4 is 11.6 Å². The maximum Gasteiger partial charge on any atom is 0.241 e. The number of likely N-dealkylation sites (N-methyl/N-ethyl adjacent to an activating group) is 1. The van der Waals surface area contributed by atoms with E-state index in [1.807, 2.05) is 25.1 Å². The number of amides is 1. The van der Waals surface area contributed by atoms with Gasteiger partial charge in [0.1, 0.15) is 5.82 Å². The molecule has 3 rings (SSSR count). The molecule has 0 spiro atoms. The van der Waals surface area contributed by atoms with Crippen LogP contribution >= 0.6 is 0 Å². The first-order valence-corrected chi connectivity index (χ1v) is 9.99. The van der Waals surface area contributed by atoms with E-state index >= 15 is 0 Å². The molecule has 0 fully saturated rings. The second-order valence-electron chi connectivity index (χ2n) is 7.53. The number of aromatic nitrogens is 2. The van der Waals surface area contributed by atoms with Crippen LogP contribution in [0.25, 0.3) is 11.3 Å². The number of anilines is 1. The summed E-state index contributed by atoms with van der Waals surface area (Å²) in [5.74, 6) is -2.55. The predicted octanol–water partition coefficient (Wildman–Crippen LogP) is 4.40. The van der Waals surface area contributed by atoms with Crippen LogP contribution in [0.15, 0.2) is 48.5 Å². The number of carbonyl (C=O) groups is 1. The van der Waals surface area contributed by atoms with Crippen LogP contribution in [0.2, 0.25) is 0 Å². The summed E-state index contributed by atoms with van der Waals surface area (Å²) in [6.07, 6.45) is 1.50. The quantitative estimate of drug-likeness (QED) is 0.577. The summed E-state index contributed by atoms with van der Waals surface area (Å²) in [5.41, 5.74) is 2.92. The van der Waals surface area contributed by atoms with E-state index in [0.29, 0.717) is 6.54 Å². The molecule has 3 aromatic rings. The van der Waals surface area contributed by atoms with Gasteiger partial charge in [0.2, 0.25) is 5.91 Å². The molecule has 1 atom stereocenters. The highest BCUT2D eigenvalue weighted by atomic mass is 19.2. The normalized spacial score (nSPS) is 12.2. The Balaban J connectivity index is 1.51. The molecule has 31 heavy (non-hydrogen) atoms. The maximum atomic E-state index is 13.3. The zero-order valence-electron chi connectivity index (χ0n) is 17.7. The van der Waals surface area contributed by atoms with E-state index in [4.69, 9.17) is 0 Å². The molecule has 0 bridgehead atoms. The van der Waals surface area contributed by atoms with E-state index in [1.165, 1.54) is 18.2 Å². The van der Waals surface area contributed by atoms with Crippen molar-refractivity contribution in [2.75, 3.05) is 18.9 Å². The molecular formula is C23H25F3N4O. The van der Waals surface area contributed by atoms with Gasteiger partial charge in [0.15, 0.2) is 11.6 Å². The minimum absolute atomic E-state index is 0.214. The van der Waals surface area contributed by atoms with Crippen molar-refractivity contribution in [1.82, 2.24) is 14.7 Å². The van der Waals surface area contributed by atoms with E-state index in [0.717, 1.165) is 41.9 Å². The van der Waals surface area contributed by atoms with Gasteiger partial charge in [-0.1, -0.05) is 0 Å². The third-order valence-electron chi connectivity index (χ3n) is 5.24. The average Bonchev–Trinajstić information content (AvgIpc) is 3.11. The number of nitrogens with zero attached hydrogens (tertiary/aromatic N) is 3. The fraction of sp³-hybridized carbons (Fsp3) is 0.304. The molecule has 1 aromatic heterocycles. The molecule has 2 aromatic carbocycles. The molecule has 0 aliphatic rings. The predicted molar refractivity (Wildman–Crippen MR) is 114 cm³/mol. The van der Waals surface area contributed by atoms with Gasteiger partial charge in [-0.3, -0.25) is 14.4 Å². The zero-order valence-corrected chi connectivity index (χ0v) is 17.7. The first-order valence-electron chi connectivity index (χ1n) is 9.99. The van der Waals surface area contributed by atoms with Crippen molar-refractivity contribution in [3.8, 4) is 11.3 Å². The van der Waals surface area contributed by atoms with Gasteiger partial charge in [-0.25, -0.2) is 13.2 Å². The fourth-order valence-electron chi connectivity index (χ4n) is 3.26. The van der Waals surface area contributed by atoms with Crippen LogP contribution in [0.5, 0.6) is 0 Å². The number of halogens is 3. The minimum Gasteiger partial charge on any atom is -0.325 e. The SMILES string of the molecule is CC(C(=O)Nc1ccc(F)c(F)c1)N(C)CCCc1cc(-c2ccc(F)cc2)n(C)n1. The number of aryl methyl sites for hydroxylation is 2. The Morgan fingerprint density at radius 2 is 1.81 bits per heavy atom. The lowest BCUT2D eigenvalue weighted by Crippen LogP contribution is -2.40. The summed E-state index contributed by atoms with van der Waals surface area (Å²) in [5, 5.41) is 7.12. The number of benzene rings is 2. The molecule has 0 saturated heterocycles. The summed E-state index contributed by atoms with van der Waals surface area (Å²) in [7, 11) is 3.68. The maximum absolute atomic E-state index is 13.3. The molecule has 0 aliphatic carbocycles. The van der Waals surface area contributed by atoms with E-state index in [-0.39, 0.29) is 17.4 Å². The number of hydrogen-bond acceptors (Lipinski definition) is 3. The molecule has 5 nitrogen and oxygen atoms in total. The highest BCUT2D eigenvalue weighted by Gasteiger charge is 2.18. The van der Waals surface area contributed by atoms with Gasteiger partial charge >= 0.3 is 0 Å². The molecule has 1 unspecified atom stereocenters. The van der Waals surface area contributed by atoms with Crippen LogP contribution in [0, 0.1) is 17.5 Å². The molecule has 8 heteroatoms. The van der Waals surface area contributed by atoms with Crippen LogP contribution in [0.1, 0.15) is 19.0 Å². The standard InChI is InChI=1S/C23H25F3N4O/c1-15(23(31)27-18-10-11-20(25)21(26)13-18)29(2)12-4-5-19-14-22(30(3)28-19)16-6-8-17(24)9-7-16/h6-11,13-15H,4-5,12H2,1-3H3,(H,27,31). The first kappa shape index (κ1) is 22.6. The first-order chi connectivity index (χ1) is 14.7. The van der Waals surface area contributed by atoms with Crippen LogP contribution in [-0.2, 0) is 18.3 Å². The average molecular weight is 430 g/mol. The van der Waals surface area contributed by atoms with Crippen molar-refractivity contribution in [1.29, 1.82) is 0 Å². The van der Waals surface area contributed by atoms with Crippen LogP contribution in [0.4, 0.5) is 18.9 Å². The Bertz CT molecular complexity index is 1050. The molecule has 1 heterocycles. The fourth-order valence-corrected chi connectivity index (χ4v) is 3.26. The Labute approximate surface area is 179 Å². The third kappa shape index (κ3) is 5.73. The summed E-state index contributed by atoms with van der Waals surface area (Å²) in [4.78, 5) is 14.3. The van der Waals surface area contributed by atoms with E-state index < -0.39 is 17.7 Å². The summed E-state index contributed by atoms with van der Waals surface area (Å²) in [6.45, 7) is 2.40. The van der Waals surface area contributed by atoms with Gasteiger partial charge in [0, 0.05) is 18.8 Å². The summed E-state index contributed by atoms with van der Waals surface area (Å²) in [6, 6.07) is 11.1. The lowest BCUT2D eigenvalue weighted by Gasteiger charge is -2.23. The Morgan fingerprint density at radius 1 is 1.10 bits per heavy atom. The van der Waals surface area contributed by atoms with Gasteiger partial charge in [-0.2, -0.15) is 5.10 Å². The third-order valence-corrected chi connectivity index (χ3v) is 5.24. The van der Waals surface area contributed by atoms with Gasteiger partial charge in [0.05, 0.1) is 17.4 Å². The number of rotatable bonds is 8. The molecule has 1 amide bonds. The van der Waals surface area contributed by atoms with Gasteiger partial charge in [-0.05, 0) is 81.4 Å². The van der Waals surface area contributed by atoms with Crippen LogP contribution in [-0.4, -0.2) is 40.2 Å². The molecule has 164 valence electrons. The largest absolute Gasteiger partial charge is 0.325 e. The summed E-state index contributed by atoms with van der Waals surface area (Å²) < 4.78 is 41.2. The van der Waals surface area contributed by atoms with Crippen molar-refractivity contribution in [2.24, 2.45) is 7.05 Å². The lowest BCUT2D eigenvalue weighted by atomic mass is 10.1. The highest BCUT2D eigenvalue weighted by Crippen LogP contribution is 2.21. The van der Waals surface area contributed by atoms with Crippen LogP contribution in [0.3, 0.4) is 0 Å².